The lowest BCUT2D eigenvalue weighted by Gasteiger charge is -2.32. The van der Waals surface area contributed by atoms with Gasteiger partial charge in [-0.05, 0) is 30.1 Å². The van der Waals surface area contributed by atoms with Crippen LogP contribution in [0.5, 0.6) is 0 Å². The van der Waals surface area contributed by atoms with Gasteiger partial charge in [0, 0.05) is 2.85 Å². The lowest BCUT2D eigenvalue weighted by Crippen LogP contribution is -2.19. The summed E-state index contributed by atoms with van der Waals surface area (Å²) in [7, 11) is 0. The molecule has 0 aromatic carbocycles. The van der Waals surface area contributed by atoms with E-state index in [-0.39, 0.29) is 10.3 Å². The van der Waals surface area contributed by atoms with Crippen LogP contribution in [0.4, 0.5) is 0 Å². The summed E-state index contributed by atoms with van der Waals surface area (Å²) in [5.74, 6) is 4.24. The van der Waals surface area contributed by atoms with E-state index < -0.39 is 0 Å². The Morgan fingerprint density at radius 2 is 1.00 bits per heavy atom. The van der Waals surface area contributed by atoms with E-state index in [4.69, 9.17) is 0 Å². The van der Waals surface area contributed by atoms with Crippen molar-refractivity contribution in [2.45, 2.75) is 79.1 Å². The minimum Gasteiger partial charge on any atom is -0.0776 e. The highest BCUT2D eigenvalue weighted by molar-refractivity contribution is 4.76. The minimum absolute atomic E-state index is 0. The fraction of sp³-hybridized carbons (Fsp3) is 1.00. The molecule has 0 unspecified atom stereocenters. The number of hydrogen-bond donors (Lipinski definition) is 0. The van der Waals surface area contributed by atoms with Crippen LogP contribution in [0.1, 0.15) is 81.9 Å². The Labute approximate surface area is 106 Å². The molecule has 100 valence electrons. The Balaban J connectivity index is 0. The maximum absolute atomic E-state index is 2.43. The molecule has 2 aliphatic carbocycles. The van der Waals surface area contributed by atoms with Crippen LogP contribution in [0.3, 0.4) is 0 Å². The van der Waals surface area contributed by atoms with Gasteiger partial charge in [-0.2, -0.15) is 0 Å². The van der Waals surface area contributed by atoms with E-state index in [0.29, 0.717) is 0 Å². The fourth-order valence-corrected chi connectivity index (χ4v) is 3.60. The molecule has 0 spiro atoms. The van der Waals surface area contributed by atoms with E-state index >= 15 is 0 Å². The second-order valence-electron chi connectivity index (χ2n) is 6.49. The zero-order chi connectivity index (χ0) is 10.7. The normalized spacial score (nSPS) is 40.1. The van der Waals surface area contributed by atoms with Gasteiger partial charge in [0.15, 0.2) is 0 Å². The average Bonchev–Trinajstić information content (AvgIpc) is 2.25. The second-order valence-corrected chi connectivity index (χ2v) is 6.49. The van der Waals surface area contributed by atoms with Crippen LogP contribution in [0.2, 0.25) is 0 Å². The third-order valence-corrected chi connectivity index (χ3v) is 4.94. The van der Waals surface area contributed by atoms with E-state index in [2.05, 4.69) is 13.8 Å². The van der Waals surface area contributed by atoms with E-state index in [0.717, 1.165) is 23.7 Å². The largest absolute Gasteiger partial charge is 0.0776 e. The molecule has 0 radical (unpaired) electrons. The molecule has 0 N–H and O–H groups in total. The predicted molar refractivity (Wildman–Crippen MR) is 77.8 cm³/mol. The maximum Gasteiger partial charge on any atom is 0 e. The summed E-state index contributed by atoms with van der Waals surface area (Å²) >= 11 is 0. The van der Waals surface area contributed by atoms with Gasteiger partial charge in [0.05, 0.1) is 0 Å². The third-order valence-electron chi connectivity index (χ3n) is 4.94. The minimum atomic E-state index is 0. The molecule has 0 aromatic rings. The quantitative estimate of drug-likeness (QED) is 0.531. The molecule has 0 aromatic heterocycles. The highest BCUT2D eigenvalue weighted by atomic mass is 14.3. The molecule has 0 heteroatoms. The van der Waals surface area contributed by atoms with Gasteiger partial charge in [0.25, 0.3) is 0 Å². The molecule has 0 amide bonds. The van der Waals surface area contributed by atoms with Gasteiger partial charge in [0.1, 0.15) is 0 Å². The number of rotatable bonds is 2. The Bertz CT molecular complexity index is 158. The van der Waals surface area contributed by atoms with Crippen LogP contribution < -0.4 is 0 Å². The van der Waals surface area contributed by atoms with E-state index in [1.165, 1.54) is 51.4 Å². The zero-order valence-electron chi connectivity index (χ0n) is 10.7. The molecular weight excluding hydrogens is 192 g/mol. The van der Waals surface area contributed by atoms with Crippen molar-refractivity contribution in [3.8, 4) is 0 Å². The van der Waals surface area contributed by atoms with E-state index in [1.807, 2.05) is 0 Å². The van der Waals surface area contributed by atoms with Crippen LogP contribution >= 0.6 is 0 Å². The van der Waals surface area contributed by atoms with Crippen LogP contribution in [0.25, 0.3) is 0 Å². The topological polar surface area (TPSA) is 0 Å². The number of hydrogen-bond acceptors (Lipinski definition) is 0. The summed E-state index contributed by atoms with van der Waals surface area (Å²) in [5.41, 5.74) is 0. The van der Waals surface area contributed by atoms with Gasteiger partial charge >= 0.3 is 0 Å². The zero-order valence-corrected chi connectivity index (χ0v) is 10.7. The molecule has 0 nitrogen and oxygen atoms in total. The summed E-state index contributed by atoms with van der Waals surface area (Å²) < 4.78 is 0. The monoisotopic (exact) mass is 228 g/mol. The first-order chi connectivity index (χ1) is 7.24. The lowest BCUT2D eigenvalue weighted by atomic mass is 9.74. The Morgan fingerprint density at radius 3 is 1.31 bits per heavy atom. The van der Waals surface area contributed by atoms with Gasteiger partial charge in [-0.3, -0.25) is 0 Å². The van der Waals surface area contributed by atoms with Crippen molar-refractivity contribution in [3.05, 3.63) is 0 Å². The van der Waals surface area contributed by atoms with Crippen LogP contribution in [-0.4, -0.2) is 0 Å². The van der Waals surface area contributed by atoms with Crippen molar-refractivity contribution >= 4 is 0 Å². The lowest BCUT2D eigenvalue weighted by molar-refractivity contribution is 0.201. The summed E-state index contributed by atoms with van der Waals surface area (Å²) in [6, 6.07) is 0. The molecule has 16 heavy (non-hydrogen) atoms. The molecule has 0 saturated heterocycles. The smallest absolute Gasteiger partial charge is 0 e. The molecular formula is C16H36. The standard InChI is InChI=1S/C15H28.CH4.2H2/c1-12-3-7-14(8-4-12)11-15-9-5-13(2)6-10-15;;;/h12-15H,3-11H2,1-2H3;1H4;2*1H. The van der Waals surface area contributed by atoms with Gasteiger partial charge in [-0.1, -0.05) is 72.6 Å². The SMILES string of the molecule is C.CC1CCC(CC2CCC(C)CC2)CC1.[HH].[HH]. The van der Waals surface area contributed by atoms with Crippen molar-refractivity contribution in [1.29, 1.82) is 0 Å². The summed E-state index contributed by atoms with van der Waals surface area (Å²) in [6.07, 6.45) is 13.7. The first kappa shape index (κ1) is 14.1. The highest BCUT2D eigenvalue weighted by Gasteiger charge is 2.24. The van der Waals surface area contributed by atoms with E-state index in [1.54, 1.807) is 6.42 Å². The molecule has 2 fully saturated rings. The molecule has 2 saturated carbocycles. The molecule has 2 rings (SSSR count). The van der Waals surface area contributed by atoms with E-state index in [9.17, 15) is 0 Å². The van der Waals surface area contributed by atoms with Crippen LogP contribution in [-0.2, 0) is 0 Å². The van der Waals surface area contributed by atoms with Crippen molar-refractivity contribution in [2.24, 2.45) is 23.7 Å². The molecule has 0 bridgehead atoms. The molecule has 0 heterocycles. The Hall–Kier alpha value is 0. The van der Waals surface area contributed by atoms with Crippen molar-refractivity contribution in [2.75, 3.05) is 0 Å². The van der Waals surface area contributed by atoms with Crippen molar-refractivity contribution in [3.63, 3.8) is 0 Å². The first-order valence-electron chi connectivity index (χ1n) is 7.24. The summed E-state index contributed by atoms with van der Waals surface area (Å²) in [6.45, 7) is 4.86. The Morgan fingerprint density at radius 1 is 0.688 bits per heavy atom. The fourth-order valence-electron chi connectivity index (χ4n) is 3.60. The Kier molecular flexibility index (Phi) is 5.86. The van der Waals surface area contributed by atoms with Crippen LogP contribution in [0.15, 0.2) is 0 Å². The summed E-state index contributed by atoms with van der Waals surface area (Å²) in [4.78, 5) is 0. The van der Waals surface area contributed by atoms with Gasteiger partial charge in [0.2, 0.25) is 0 Å². The molecule has 0 atom stereocenters. The molecule has 2 aliphatic rings. The van der Waals surface area contributed by atoms with Crippen molar-refractivity contribution in [1.82, 2.24) is 0 Å². The second kappa shape index (κ2) is 6.67. The predicted octanol–water partition coefficient (Wildman–Crippen LogP) is 6.16. The van der Waals surface area contributed by atoms with Gasteiger partial charge in [-0.25, -0.2) is 0 Å². The molecule has 0 aliphatic heterocycles. The van der Waals surface area contributed by atoms with Crippen LogP contribution in [0, 0.1) is 23.7 Å². The first-order valence-corrected chi connectivity index (χ1v) is 7.24. The average molecular weight is 228 g/mol. The third kappa shape index (κ3) is 4.11. The highest BCUT2D eigenvalue weighted by Crippen LogP contribution is 2.37. The maximum atomic E-state index is 2.43. The van der Waals surface area contributed by atoms with Gasteiger partial charge in [-0.15, -0.1) is 0 Å². The summed E-state index contributed by atoms with van der Waals surface area (Å²) in [5, 5.41) is 0. The van der Waals surface area contributed by atoms with Crippen molar-refractivity contribution < 1.29 is 2.85 Å². The van der Waals surface area contributed by atoms with Gasteiger partial charge < -0.3 is 0 Å².